The predicted molar refractivity (Wildman–Crippen MR) is 107 cm³/mol. The molecule has 0 radical (unpaired) electrons. The number of anilines is 1. The van der Waals surface area contributed by atoms with E-state index >= 15 is 0 Å². The highest BCUT2D eigenvalue weighted by atomic mass is 16.5. The first-order valence-corrected chi connectivity index (χ1v) is 9.21. The van der Waals surface area contributed by atoms with Crippen LogP contribution in [-0.2, 0) is 9.59 Å². The summed E-state index contributed by atoms with van der Waals surface area (Å²) < 4.78 is 5.75. The first-order chi connectivity index (χ1) is 13.3. The van der Waals surface area contributed by atoms with Crippen LogP contribution in [0.25, 0.3) is 0 Å². The van der Waals surface area contributed by atoms with Gasteiger partial charge in [0.15, 0.2) is 5.78 Å². The second kappa shape index (κ2) is 7.84. The third-order valence-corrected chi connectivity index (χ3v) is 4.76. The molecule has 3 rings (SSSR count). The Hall–Kier alpha value is -3.15. The SMILES string of the molecule is CC(=O)N[C@H]1C(=O)N(CCOc2ccc(C(C)=O)cc2)c2c(C)cc(C)cc21. The van der Waals surface area contributed by atoms with Gasteiger partial charge in [-0.3, -0.25) is 14.4 Å². The number of nitrogens with zero attached hydrogens (tertiary/aromatic N) is 1. The Balaban J connectivity index is 1.76. The lowest BCUT2D eigenvalue weighted by Crippen LogP contribution is -2.38. The number of ketones is 1. The first kappa shape index (κ1) is 19.6. The van der Waals surface area contributed by atoms with Crippen molar-refractivity contribution < 1.29 is 19.1 Å². The van der Waals surface area contributed by atoms with Crippen molar-refractivity contribution in [3.05, 3.63) is 58.7 Å². The molecule has 0 aliphatic carbocycles. The molecule has 6 nitrogen and oxygen atoms in total. The van der Waals surface area contributed by atoms with Crippen LogP contribution in [0, 0.1) is 13.8 Å². The second-order valence-electron chi connectivity index (χ2n) is 7.07. The second-order valence-corrected chi connectivity index (χ2v) is 7.07. The van der Waals surface area contributed by atoms with Gasteiger partial charge in [0.05, 0.1) is 12.2 Å². The van der Waals surface area contributed by atoms with E-state index in [1.165, 1.54) is 13.8 Å². The molecule has 0 spiro atoms. The molecule has 0 fully saturated rings. The van der Waals surface area contributed by atoms with Crippen molar-refractivity contribution in [1.82, 2.24) is 5.32 Å². The first-order valence-electron chi connectivity index (χ1n) is 9.21. The van der Waals surface area contributed by atoms with Crippen molar-refractivity contribution in [2.75, 3.05) is 18.1 Å². The van der Waals surface area contributed by atoms with Gasteiger partial charge in [-0.15, -0.1) is 0 Å². The molecule has 0 unspecified atom stereocenters. The van der Waals surface area contributed by atoms with E-state index in [2.05, 4.69) is 5.32 Å². The van der Waals surface area contributed by atoms with Crippen LogP contribution in [0.2, 0.25) is 0 Å². The molecule has 1 atom stereocenters. The van der Waals surface area contributed by atoms with Crippen LogP contribution >= 0.6 is 0 Å². The predicted octanol–water partition coefficient (Wildman–Crippen LogP) is 3.11. The van der Waals surface area contributed by atoms with Crippen LogP contribution in [-0.4, -0.2) is 30.7 Å². The summed E-state index contributed by atoms with van der Waals surface area (Å²) in [5.41, 5.74) is 4.32. The van der Waals surface area contributed by atoms with Gasteiger partial charge < -0.3 is 15.0 Å². The Labute approximate surface area is 164 Å². The molecule has 2 aromatic rings. The van der Waals surface area contributed by atoms with E-state index in [0.717, 1.165) is 22.4 Å². The van der Waals surface area contributed by atoms with Crippen LogP contribution < -0.4 is 15.0 Å². The number of fused-ring (bicyclic) bond motifs is 1. The lowest BCUT2D eigenvalue weighted by Gasteiger charge is -2.20. The molecule has 2 amide bonds. The molecule has 2 aromatic carbocycles. The number of ether oxygens (including phenoxy) is 1. The molecule has 1 heterocycles. The van der Waals surface area contributed by atoms with Crippen molar-refractivity contribution in [2.24, 2.45) is 0 Å². The summed E-state index contributed by atoms with van der Waals surface area (Å²) in [5, 5.41) is 2.75. The number of hydrogen-bond donors (Lipinski definition) is 1. The molecule has 1 N–H and O–H groups in total. The van der Waals surface area contributed by atoms with Crippen LogP contribution in [0.15, 0.2) is 36.4 Å². The number of benzene rings is 2. The molecule has 1 aliphatic heterocycles. The lowest BCUT2D eigenvalue weighted by atomic mass is 10.0. The summed E-state index contributed by atoms with van der Waals surface area (Å²) in [4.78, 5) is 37.5. The Kier molecular flexibility index (Phi) is 5.49. The van der Waals surface area contributed by atoms with Crippen LogP contribution in [0.5, 0.6) is 5.75 Å². The molecular formula is C22H24N2O4. The monoisotopic (exact) mass is 380 g/mol. The highest BCUT2D eigenvalue weighted by molar-refractivity contribution is 6.07. The zero-order chi connectivity index (χ0) is 20.4. The number of amides is 2. The molecule has 6 heteroatoms. The molecular weight excluding hydrogens is 356 g/mol. The number of rotatable bonds is 6. The summed E-state index contributed by atoms with van der Waals surface area (Å²) in [6.45, 7) is 7.52. The fourth-order valence-electron chi connectivity index (χ4n) is 3.59. The standard InChI is InChI=1S/C22H24N2O4/c1-13-11-14(2)21-19(12-13)20(23-16(4)26)22(27)24(21)9-10-28-18-7-5-17(6-8-18)15(3)25/h5-8,11-12,20H,9-10H2,1-4H3,(H,23,26)/t20-/m1/s1. The van der Waals surface area contributed by atoms with Gasteiger partial charge in [-0.2, -0.15) is 0 Å². The molecule has 0 saturated heterocycles. The van der Waals surface area contributed by atoms with E-state index < -0.39 is 6.04 Å². The van der Waals surface area contributed by atoms with Gasteiger partial charge in [0.25, 0.3) is 5.91 Å². The van der Waals surface area contributed by atoms with Crippen molar-refractivity contribution in [2.45, 2.75) is 33.7 Å². The molecule has 0 bridgehead atoms. The van der Waals surface area contributed by atoms with Crippen LogP contribution in [0.3, 0.4) is 0 Å². The summed E-state index contributed by atoms with van der Waals surface area (Å²) in [7, 11) is 0. The largest absolute Gasteiger partial charge is 0.492 e. The van der Waals surface area contributed by atoms with Crippen molar-refractivity contribution in [3.8, 4) is 5.75 Å². The molecule has 0 saturated carbocycles. The van der Waals surface area contributed by atoms with Gasteiger partial charge in [-0.25, -0.2) is 0 Å². The zero-order valence-corrected chi connectivity index (χ0v) is 16.5. The van der Waals surface area contributed by atoms with Crippen LogP contribution in [0.4, 0.5) is 5.69 Å². The average Bonchev–Trinajstić information content (AvgIpc) is 2.87. The van der Waals surface area contributed by atoms with Gasteiger partial charge in [-0.05, 0) is 50.6 Å². The van der Waals surface area contributed by atoms with Crippen molar-refractivity contribution in [3.63, 3.8) is 0 Å². The maximum absolute atomic E-state index is 12.9. The minimum atomic E-state index is -0.666. The van der Waals surface area contributed by atoms with Gasteiger partial charge in [-0.1, -0.05) is 17.7 Å². The minimum absolute atomic E-state index is 0.000558. The molecule has 1 aliphatic rings. The van der Waals surface area contributed by atoms with E-state index in [1.807, 2.05) is 26.0 Å². The average molecular weight is 380 g/mol. The van der Waals surface area contributed by atoms with E-state index in [9.17, 15) is 14.4 Å². The number of aryl methyl sites for hydroxylation is 2. The van der Waals surface area contributed by atoms with Gasteiger partial charge >= 0.3 is 0 Å². The zero-order valence-electron chi connectivity index (χ0n) is 16.5. The van der Waals surface area contributed by atoms with Gasteiger partial charge in [0.2, 0.25) is 5.91 Å². The summed E-state index contributed by atoms with van der Waals surface area (Å²) in [6, 6.07) is 10.2. The van der Waals surface area contributed by atoms with Gasteiger partial charge in [0, 0.05) is 18.1 Å². The number of carbonyl (C=O) groups excluding carboxylic acids is 3. The molecule has 28 heavy (non-hydrogen) atoms. The van der Waals surface area contributed by atoms with E-state index in [4.69, 9.17) is 4.74 Å². The van der Waals surface area contributed by atoms with Gasteiger partial charge in [0.1, 0.15) is 18.4 Å². The Morgan fingerprint density at radius 1 is 1.11 bits per heavy atom. The Morgan fingerprint density at radius 2 is 1.79 bits per heavy atom. The topological polar surface area (TPSA) is 75.7 Å². The lowest BCUT2D eigenvalue weighted by molar-refractivity contribution is -0.126. The third-order valence-electron chi connectivity index (χ3n) is 4.76. The minimum Gasteiger partial charge on any atom is -0.492 e. The number of hydrogen-bond acceptors (Lipinski definition) is 4. The number of carbonyl (C=O) groups is 3. The van der Waals surface area contributed by atoms with E-state index in [1.54, 1.807) is 29.2 Å². The summed E-state index contributed by atoms with van der Waals surface area (Å²) in [6.07, 6.45) is 0. The highest BCUT2D eigenvalue weighted by Gasteiger charge is 2.38. The molecule has 0 aromatic heterocycles. The summed E-state index contributed by atoms with van der Waals surface area (Å²) >= 11 is 0. The fourth-order valence-corrected chi connectivity index (χ4v) is 3.59. The Morgan fingerprint density at radius 3 is 2.39 bits per heavy atom. The number of Topliss-reactive ketones (excluding diaryl/α,β-unsaturated/α-hetero) is 1. The third kappa shape index (κ3) is 3.91. The maximum atomic E-state index is 12.9. The van der Waals surface area contributed by atoms with E-state index in [0.29, 0.717) is 24.5 Å². The van der Waals surface area contributed by atoms with E-state index in [-0.39, 0.29) is 17.6 Å². The Bertz CT molecular complexity index is 934. The fraction of sp³-hybridized carbons (Fsp3) is 0.318. The quantitative estimate of drug-likeness (QED) is 0.782. The normalized spacial score (nSPS) is 15.4. The highest BCUT2D eigenvalue weighted by Crippen LogP contribution is 2.39. The van der Waals surface area contributed by atoms with Crippen molar-refractivity contribution in [1.29, 1.82) is 0 Å². The van der Waals surface area contributed by atoms with Crippen LogP contribution in [0.1, 0.15) is 46.9 Å². The maximum Gasteiger partial charge on any atom is 0.254 e. The van der Waals surface area contributed by atoms with Crippen molar-refractivity contribution >= 4 is 23.3 Å². The summed E-state index contributed by atoms with van der Waals surface area (Å²) in [5.74, 6) is 0.234. The smallest absolute Gasteiger partial charge is 0.254 e. The molecule has 146 valence electrons. The number of nitrogens with one attached hydrogen (secondary N) is 1.